The molecule has 1 aromatic heterocycles. The van der Waals surface area contributed by atoms with E-state index in [0.29, 0.717) is 0 Å². The average Bonchev–Trinajstić information content (AvgIpc) is 2.14. The Labute approximate surface area is 84.7 Å². The van der Waals surface area contributed by atoms with Crippen molar-refractivity contribution in [2.75, 3.05) is 6.61 Å². The molecule has 3 heteroatoms. The van der Waals surface area contributed by atoms with E-state index in [2.05, 4.69) is 4.98 Å². The molecule has 1 rings (SSSR count). The average molecular weight is 195 g/mol. The molecule has 78 valence electrons. The maximum Gasteiger partial charge on any atom is 0.138 e. The molecular weight excluding hydrogens is 178 g/mol. The van der Waals surface area contributed by atoms with Gasteiger partial charge in [0, 0.05) is 12.8 Å². The monoisotopic (exact) mass is 195 g/mol. The van der Waals surface area contributed by atoms with Crippen LogP contribution < -0.4 is 4.74 Å². The summed E-state index contributed by atoms with van der Waals surface area (Å²) in [7, 11) is 0. The van der Waals surface area contributed by atoms with Gasteiger partial charge in [-0.05, 0) is 38.3 Å². The maximum absolute atomic E-state index is 8.69. The molecule has 0 saturated heterocycles. The molecule has 14 heavy (non-hydrogen) atoms. The van der Waals surface area contributed by atoms with Gasteiger partial charge in [-0.15, -0.1) is 0 Å². The van der Waals surface area contributed by atoms with Gasteiger partial charge in [0.05, 0.1) is 12.3 Å². The highest BCUT2D eigenvalue weighted by Crippen LogP contribution is 2.13. The summed E-state index contributed by atoms with van der Waals surface area (Å²) in [6.07, 6.45) is 5.31. The minimum absolute atomic E-state index is 0.171. The Morgan fingerprint density at radius 1 is 1.43 bits per heavy atom. The van der Waals surface area contributed by atoms with Crippen LogP contribution in [-0.4, -0.2) is 22.8 Å². The number of nitrogens with zero attached hydrogens (tertiary/aromatic N) is 1. The molecule has 0 spiro atoms. The van der Waals surface area contributed by atoms with Crippen LogP contribution in [0.25, 0.3) is 0 Å². The van der Waals surface area contributed by atoms with Crippen LogP contribution in [0.3, 0.4) is 0 Å². The predicted octanol–water partition coefficient (Wildman–Crippen LogP) is 1.79. The van der Waals surface area contributed by atoms with Crippen molar-refractivity contribution in [3.8, 4) is 5.75 Å². The molecular formula is C11H17NO2. The molecule has 3 nitrogen and oxygen atoms in total. The van der Waals surface area contributed by atoms with E-state index in [0.717, 1.165) is 24.2 Å². The van der Waals surface area contributed by atoms with Crippen LogP contribution in [-0.2, 0) is 6.42 Å². The smallest absolute Gasteiger partial charge is 0.138 e. The summed E-state index contributed by atoms with van der Waals surface area (Å²) >= 11 is 0. The number of rotatable bonds is 5. The Hall–Kier alpha value is -1.09. The Morgan fingerprint density at radius 2 is 2.21 bits per heavy atom. The molecule has 0 amide bonds. The van der Waals surface area contributed by atoms with Crippen molar-refractivity contribution in [2.24, 2.45) is 0 Å². The Kier molecular flexibility index (Phi) is 4.40. The fourth-order valence-corrected chi connectivity index (χ4v) is 1.22. The molecule has 0 aliphatic rings. The van der Waals surface area contributed by atoms with Gasteiger partial charge in [0.25, 0.3) is 0 Å². The van der Waals surface area contributed by atoms with E-state index < -0.39 is 0 Å². The quantitative estimate of drug-likeness (QED) is 0.779. The van der Waals surface area contributed by atoms with Gasteiger partial charge < -0.3 is 9.84 Å². The summed E-state index contributed by atoms with van der Waals surface area (Å²) in [6.45, 7) is 4.19. The van der Waals surface area contributed by atoms with Crippen LogP contribution in [0.5, 0.6) is 5.75 Å². The van der Waals surface area contributed by atoms with Crippen molar-refractivity contribution in [1.82, 2.24) is 4.98 Å². The third-order valence-electron chi connectivity index (χ3n) is 1.77. The van der Waals surface area contributed by atoms with Gasteiger partial charge in [0.1, 0.15) is 5.75 Å². The second-order valence-corrected chi connectivity index (χ2v) is 3.52. The van der Waals surface area contributed by atoms with Gasteiger partial charge in [0.15, 0.2) is 0 Å². The van der Waals surface area contributed by atoms with Gasteiger partial charge in [0.2, 0.25) is 0 Å². The first kappa shape index (κ1) is 11.0. The second kappa shape index (κ2) is 5.60. The van der Waals surface area contributed by atoms with Crippen LogP contribution in [0.1, 0.15) is 25.8 Å². The molecule has 0 radical (unpaired) electrons. The minimum atomic E-state index is 0.171. The van der Waals surface area contributed by atoms with Gasteiger partial charge >= 0.3 is 0 Å². The molecule has 1 aromatic rings. The van der Waals surface area contributed by atoms with E-state index >= 15 is 0 Å². The zero-order valence-corrected chi connectivity index (χ0v) is 8.73. The van der Waals surface area contributed by atoms with Crippen LogP contribution in [0.15, 0.2) is 18.5 Å². The van der Waals surface area contributed by atoms with Gasteiger partial charge in [-0.3, -0.25) is 4.98 Å². The largest absolute Gasteiger partial charge is 0.489 e. The SMILES string of the molecule is CC(C)Oc1cncc(CCCO)c1. The molecule has 1 N–H and O–H groups in total. The van der Waals surface area contributed by atoms with Crippen molar-refractivity contribution >= 4 is 0 Å². The lowest BCUT2D eigenvalue weighted by Gasteiger charge is -2.09. The van der Waals surface area contributed by atoms with Crippen molar-refractivity contribution in [3.63, 3.8) is 0 Å². The number of hydrogen-bond acceptors (Lipinski definition) is 3. The number of aliphatic hydroxyl groups is 1. The fraction of sp³-hybridized carbons (Fsp3) is 0.545. The Balaban J connectivity index is 2.59. The molecule has 0 bridgehead atoms. The third-order valence-corrected chi connectivity index (χ3v) is 1.77. The molecule has 0 atom stereocenters. The molecule has 0 fully saturated rings. The lowest BCUT2D eigenvalue weighted by atomic mass is 10.1. The molecule has 0 aliphatic heterocycles. The van der Waals surface area contributed by atoms with E-state index in [9.17, 15) is 0 Å². The topological polar surface area (TPSA) is 42.4 Å². The highest BCUT2D eigenvalue weighted by molar-refractivity contribution is 5.23. The van der Waals surface area contributed by atoms with E-state index in [-0.39, 0.29) is 12.7 Å². The Bertz CT molecular complexity index is 274. The van der Waals surface area contributed by atoms with Crippen LogP contribution >= 0.6 is 0 Å². The van der Waals surface area contributed by atoms with Crippen molar-refractivity contribution in [3.05, 3.63) is 24.0 Å². The lowest BCUT2D eigenvalue weighted by Crippen LogP contribution is -2.06. The maximum atomic E-state index is 8.69. The van der Waals surface area contributed by atoms with Crippen LogP contribution in [0.4, 0.5) is 0 Å². The zero-order valence-electron chi connectivity index (χ0n) is 8.73. The number of aliphatic hydroxyl groups excluding tert-OH is 1. The summed E-state index contributed by atoms with van der Waals surface area (Å²) in [4.78, 5) is 4.08. The number of hydrogen-bond donors (Lipinski definition) is 1. The first-order valence-corrected chi connectivity index (χ1v) is 4.94. The second-order valence-electron chi connectivity index (χ2n) is 3.52. The fourth-order valence-electron chi connectivity index (χ4n) is 1.22. The summed E-state index contributed by atoms with van der Waals surface area (Å²) in [5.41, 5.74) is 1.11. The van der Waals surface area contributed by atoms with Crippen molar-refractivity contribution in [1.29, 1.82) is 0 Å². The molecule has 0 aliphatic carbocycles. The van der Waals surface area contributed by atoms with Crippen LogP contribution in [0.2, 0.25) is 0 Å². The molecule has 0 aromatic carbocycles. The number of aromatic nitrogens is 1. The van der Waals surface area contributed by atoms with Gasteiger partial charge in [-0.25, -0.2) is 0 Å². The molecule has 0 unspecified atom stereocenters. The zero-order chi connectivity index (χ0) is 10.4. The van der Waals surface area contributed by atoms with E-state index in [4.69, 9.17) is 9.84 Å². The highest BCUT2D eigenvalue weighted by Gasteiger charge is 1.99. The standard InChI is InChI=1S/C11H17NO2/c1-9(2)14-11-6-10(4-3-5-13)7-12-8-11/h6-9,13H,3-5H2,1-2H3. The third kappa shape index (κ3) is 3.75. The first-order valence-electron chi connectivity index (χ1n) is 4.94. The van der Waals surface area contributed by atoms with Crippen LogP contribution in [0, 0.1) is 0 Å². The molecule has 0 saturated carbocycles. The van der Waals surface area contributed by atoms with Crippen molar-refractivity contribution < 1.29 is 9.84 Å². The first-order chi connectivity index (χ1) is 6.72. The summed E-state index contributed by atoms with van der Waals surface area (Å²) in [5, 5.41) is 8.69. The Morgan fingerprint density at radius 3 is 2.86 bits per heavy atom. The van der Waals surface area contributed by atoms with Gasteiger partial charge in [-0.1, -0.05) is 0 Å². The number of aryl methyl sites for hydroxylation is 1. The van der Waals surface area contributed by atoms with E-state index in [1.165, 1.54) is 0 Å². The summed E-state index contributed by atoms with van der Waals surface area (Å²) in [5.74, 6) is 0.801. The van der Waals surface area contributed by atoms with Crippen molar-refractivity contribution in [2.45, 2.75) is 32.8 Å². The lowest BCUT2D eigenvalue weighted by molar-refractivity contribution is 0.241. The highest BCUT2D eigenvalue weighted by atomic mass is 16.5. The molecule has 1 heterocycles. The summed E-state index contributed by atoms with van der Waals surface area (Å²) in [6, 6.07) is 1.97. The van der Waals surface area contributed by atoms with E-state index in [1.807, 2.05) is 26.1 Å². The normalized spacial score (nSPS) is 10.6. The number of pyridine rings is 1. The summed E-state index contributed by atoms with van der Waals surface area (Å²) < 4.78 is 5.51. The number of ether oxygens (including phenoxy) is 1. The van der Waals surface area contributed by atoms with E-state index in [1.54, 1.807) is 6.20 Å². The predicted molar refractivity (Wildman–Crippen MR) is 55.4 cm³/mol. The minimum Gasteiger partial charge on any atom is -0.489 e. The van der Waals surface area contributed by atoms with Gasteiger partial charge in [-0.2, -0.15) is 0 Å².